The lowest BCUT2D eigenvalue weighted by Gasteiger charge is -2.33. The van der Waals surface area contributed by atoms with Crippen molar-refractivity contribution in [1.29, 1.82) is 0 Å². The van der Waals surface area contributed by atoms with Crippen molar-refractivity contribution in [2.24, 2.45) is 5.92 Å². The van der Waals surface area contributed by atoms with E-state index in [0.29, 0.717) is 17.3 Å². The first-order valence-electron chi connectivity index (χ1n) is 12.5. The number of nitrogens with one attached hydrogen (secondary N) is 1. The van der Waals surface area contributed by atoms with E-state index in [1.165, 1.54) is 4.90 Å². The second-order valence-electron chi connectivity index (χ2n) is 9.74. The molecule has 208 valence electrons. The SMILES string of the molecule is CC(C)CNC(=O)C(Cc1ccccc1)N(Cc1ccc(Cl)cc1)C(=O)CN(c1ccc(I)cc1)S(C)(=O)=O. The van der Waals surface area contributed by atoms with Crippen molar-refractivity contribution in [3.8, 4) is 0 Å². The molecule has 3 aromatic rings. The summed E-state index contributed by atoms with van der Waals surface area (Å²) in [5.74, 6) is -0.571. The number of nitrogens with zero attached hydrogens (tertiary/aromatic N) is 2. The Bertz CT molecular complexity index is 1350. The van der Waals surface area contributed by atoms with Crippen LogP contribution in [0.5, 0.6) is 0 Å². The van der Waals surface area contributed by atoms with Crippen LogP contribution in [-0.4, -0.2) is 50.5 Å². The minimum atomic E-state index is -3.80. The summed E-state index contributed by atoms with van der Waals surface area (Å²) in [6, 6.07) is 22.5. The molecule has 7 nitrogen and oxygen atoms in total. The van der Waals surface area contributed by atoms with Crippen LogP contribution in [0, 0.1) is 9.49 Å². The van der Waals surface area contributed by atoms with Crippen molar-refractivity contribution in [1.82, 2.24) is 10.2 Å². The van der Waals surface area contributed by atoms with Gasteiger partial charge in [0.05, 0.1) is 11.9 Å². The first-order valence-corrected chi connectivity index (χ1v) is 15.8. The van der Waals surface area contributed by atoms with Crippen molar-refractivity contribution >= 4 is 61.7 Å². The van der Waals surface area contributed by atoms with E-state index < -0.39 is 28.5 Å². The van der Waals surface area contributed by atoms with Crippen molar-refractivity contribution in [2.45, 2.75) is 32.9 Å². The van der Waals surface area contributed by atoms with Gasteiger partial charge in [0.1, 0.15) is 12.6 Å². The van der Waals surface area contributed by atoms with E-state index in [2.05, 4.69) is 27.9 Å². The zero-order valence-corrected chi connectivity index (χ0v) is 25.9. The normalized spacial score (nSPS) is 12.2. The predicted molar refractivity (Wildman–Crippen MR) is 165 cm³/mol. The Labute approximate surface area is 249 Å². The lowest BCUT2D eigenvalue weighted by molar-refractivity contribution is -0.140. The quantitative estimate of drug-likeness (QED) is 0.269. The Balaban J connectivity index is 2.03. The fourth-order valence-electron chi connectivity index (χ4n) is 3.98. The van der Waals surface area contributed by atoms with Gasteiger partial charge in [-0.2, -0.15) is 0 Å². The molecule has 0 heterocycles. The Morgan fingerprint density at radius 3 is 2.10 bits per heavy atom. The van der Waals surface area contributed by atoms with E-state index in [1.54, 1.807) is 48.5 Å². The largest absolute Gasteiger partial charge is 0.354 e. The van der Waals surface area contributed by atoms with Crippen molar-refractivity contribution < 1.29 is 18.0 Å². The minimum absolute atomic E-state index is 0.104. The van der Waals surface area contributed by atoms with Gasteiger partial charge in [0, 0.05) is 28.1 Å². The maximum absolute atomic E-state index is 14.0. The van der Waals surface area contributed by atoms with Gasteiger partial charge >= 0.3 is 0 Å². The first-order chi connectivity index (χ1) is 18.4. The molecule has 0 saturated carbocycles. The van der Waals surface area contributed by atoms with Gasteiger partial charge in [-0.3, -0.25) is 13.9 Å². The van der Waals surface area contributed by atoms with Crippen LogP contribution in [0.15, 0.2) is 78.9 Å². The summed E-state index contributed by atoms with van der Waals surface area (Å²) in [5, 5.41) is 3.52. The van der Waals surface area contributed by atoms with Gasteiger partial charge in [-0.15, -0.1) is 0 Å². The molecule has 10 heteroatoms. The fraction of sp³-hybridized carbons (Fsp3) is 0.310. The van der Waals surface area contributed by atoms with Crippen LogP contribution in [0.4, 0.5) is 5.69 Å². The van der Waals surface area contributed by atoms with Gasteiger partial charge in [-0.1, -0.05) is 67.9 Å². The Hall–Kier alpha value is -2.63. The molecule has 39 heavy (non-hydrogen) atoms. The molecule has 0 aliphatic carbocycles. The molecule has 3 rings (SSSR count). The highest BCUT2D eigenvalue weighted by Crippen LogP contribution is 2.22. The molecule has 0 fully saturated rings. The summed E-state index contributed by atoms with van der Waals surface area (Å²) in [7, 11) is -3.80. The second-order valence-corrected chi connectivity index (χ2v) is 13.3. The summed E-state index contributed by atoms with van der Waals surface area (Å²) in [4.78, 5) is 29.0. The Morgan fingerprint density at radius 2 is 1.54 bits per heavy atom. The summed E-state index contributed by atoms with van der Waals surface area (Å²) < 4.78 is 27.6. The summed E-state index contributed by atoms with van der Waals surface area (Å²) in [6.07, 6.45) is 1.34. The standard InChI is InChI=1S/C29H33ClIN3O4S/c1-21(2)18-32-29(36)27(17-22-7-5-4-6-8-22)33(19-23-9-11-24(30)12-10-23)28(35)20-34(39(3,37)38)26-15-13-25(31)14-16-26/h4-16,21,27H,17-20H2,1-3H3,(H,32,36). The molecule has 0 radical (unpaired) electrons. The molecule has 0 aliphatic rings. The van der Waals surface area contributed by atoms with E-state index in [4.69, 9.17) is 11.6 Å². The maximum Gasteiger partial charge on any atom is 0.244 e. The number of anilines is 1. The number of benzene rings is 3. The van der Waals surface area contributed by atoms with E-state index in [9.17, 15) is 18.0 Å². The second kappa shape index (κ2) is 14.1. The van der Waals surface area contributed by atoms with Gasteiger partial charge in [0.2, 0.25) is 21.8 Å². The Morgan fingerprint density at radius 1 is 0.923 bits per heavy atom. The van der Waals surface area contributed by atoms with E-state index in [0.717, 1.165) is 25.3 Å². The molecule has 3 aromatic carbocycles. The average molecular weight is 682 g/mol. The number of rotatable bonds is 12. The monoisotopic (exact) mass is 681 g/mol. The molecule has 1 N–H and O–H groups in total. The number of carbonyl (C=O) groups is 2. The molecular weight excluding hydrogens is 649 g/mol. The highest BCUT2D eigenvalue weighted by molar-refractivity contribution is 14.1. The van der Waals surface area contributed by atoms with Crippen LogP contribution in [0.3, 0.4) is 0 Å². The highest BCUT2D eigenvalue weighted by Gasteiger charge is 2.33. The third-order valence-electron chi connectivity index (χ3n) is 6.02. The molecule has 0 spiro atoms. The first kappa shape index (κ1) is 30.9. The van der Waals surface area contributed by atoms with E-state index >= 15 is 0 Å². The zero-order valence-electron chi connectivity index (χ0n) is 22.2. The lowest BCUT2D eigenvalue weighted by atomic mass is 10.0. The number of hydrogen-bond donors (Lipinski definition) is 1. The summed E-state index contributed by atoms with van der Waals surface area (Å²) >= 11 is 8.21. The van der Waals surface area contributed by atoms with Crippen molar-refractivity contribution in [3.63, 3.8) is 0 Å². The predicted octanol–water partition coefficient (Wildman–Crippen LogP) is 5.12. The number of carbonyl (C=O) groups excluding carboxylic acids is 2. The summed E-state index contributed by atoms with van der Waals surface area (Å²) in [5.41, 5.74) is 2.03. The number of sulfonamides is 1. The molecule has 0 bridgehead atoms. The van der Waals surface area contributed by atoms with Gasteiger partial charge < -0.3 is 10.2 Å². The van der Waals surface area contributed by atoms with E-state index in [1.807, 2.05) is 44.2 Å². The van der Waals surface area contributed by atoms with Crippen LogP contribution in [0.1, 0.15) is 25.0 Å². The molecule has 0 aliphatic heterocycles. The van der Waals surface area contributed by atoms with Gasteiger partial charge in [0.15, 0.2) is 0 Å². The smallest absolute Gasteiger partial charge is 0.244 e. The molecule has 0 saturated heterocycles. The Kier molecular flexibility index (Phi) is 11.2. The van der Waals surface area contributed by atoms with Crippen molar-refractivity contribution in [2.75, 3.05) is 23.7 Å². The zero-order chi connectivity index (χ0) is 28.6. The molecule has 1 unspecified atom stereocenters. The van der Waals surface area contributed by atoms with E-state index in [-0.39, 0.29) is 24.8 Å². The fourth-order valence-corrected chi connectivity index (χ4v) is 5.32. The third kappa shape index (κ3) is 9.51. The van der Waals surface area contributed by atoms with Crippen LogP contribution < -0.4 is 9.62 Å². The van der Waals surface area contributed by atoms with Gasteiger partial charge in [-0.25, -0.2) is 8.42 Å². The van der Waals surface area contributed by atoms with Crippen LogP contribution in [0.2, 0.25) is 5.02 Å². The van der Waals surface area contributed by atoms with Crippen LogP contribution in [-0.2, 0) is 32.6 Å². The highest BCUT2D eigenvalue weighted by atomic mass is 127. The number of hydrogen-bond acceptors (Lipinski definition) is 4. The lowest BCUT2D eigenvalue weighted by Crippen LogP contribution is -2.53. The number of amides is 2. The maximum atomic E-state index is 14.0. The topological polar surface area (TPSA) is 86.8 Å². The van der Waals surface area contributed by atoms with Crippen LogP contribution >= 0.6 is 34.2 Å². The van der Waals surface area contributed by atoms with Crippen molar-refractivity contribution in [3.05, 3.63) is 98.6 Å². The molecule has 2 amide bonds. The molecule has 0 aromatic heterocycles. The van der Waals surface area contributed by atoms with Crippen LogP contribution in [0.25, 0.3) is 0 Å². The molecule has 1 atom stereocenters. The van der Waals surface area contributed by atoms with Gasteiger partial charge in [0.25, 0.3) is 0 Å². The average Bonchev–Trinajstić information content (AvgIpc) is 2.89. The minimum Gasteiger partial charge on any atom is -0.354 e. The summed E-state index contributed by atoms with van der Waals surface area (Å²) in [6.45, 7) is 4.09. The van der Waals surface area contributed by atoms with Gasteiger partial charge in [-0.05, 0) is 76.0 Å². The molecular formula is C29H33ClIN3O4S. The third-order valence-corrected chi connectivity index (χ3v) is 8.13. The number of halogens is 2.